The summed E-state index contributed by atoms with van der Waals surface area (Å²) in [5, 5.41) is 3.93. The van der Waals surface area contributed by atoms with Crippen LogP contribution in [0.4, 0.5) is 0 Å². The van der Waals surface area contributed by atoms with Crippen LogP contribution in [0, 0.1) is 0 Å². The van der Waals surface area contributed by atoms with E-state index in [1.165, 1.54) is 6.20 Å². The van der Waals surface area contributed by atoms with Crippen LogP contribution in [0.3, 0.4) is 0 Å². The molecule has 1 heterocycles. The molecule has 0 unspecified atom stereocenters. The van der Waals surface area contributed by atoms with Gasteiger partial charge in [-0.25, -0.2) is 4.98 Å². The monoisotopic (exact) mass is 328 g/mol. The molecule has 0 aliphatic carbocycles. The number of nitrogens with zero attached hydrogens (tertiary/aromatic N) is 1. The van der Waals surface area contributed by atoms with E-state index < -0.39 is 0 Å². The fourth-order valence-electron chi connectivity index (χ4n) is 1.69. The zero-order chi connectivity index (χ0) is 14.7. The third-order valence-electron chi connectivity index (χ3n) is 2.79. The molecule has 0 saturated carbocycles. The van der Waals surface area contributed by atoms with E-state index in [2.05, 4.69) is 10.3 Å². The minimum absolute atomic E-state index is 0.173. The Hall–Kier alpha value is -1.29. The standard InChI is InChI=1S/C14H11Cl3N2O/c1-8(9-4-5-11(15)12(16)7-9)19-14(20)10-3-2-6-18-13(10)17/h2-8H,1H3,(H,19,20)/t8-/m1/s1. The lowest BCUT2D eigenvalue weighted by Gasteiger charge is -2.15. The second-order valence-corrected chi connectivity index (χ2v) is 5.38. The zero-order valence-corrected chi connectivity index (χ0v) is 12.8. The first kappa shape index (κ1) is 15.1. The van der Waals surface area contributed by atoms with Crippen molar-refractivity contribution in [1.82, 2.24) is 10.3 Å². The molecular weight excluding hydrogens is 319 g/mol. The summed E-state index contributed by atoms with van der Waals surface area (Å²) in [6, 6.07) is 8.27. The molecule has 20 heavy (non-hydrogen) atoms. The summed E-state index contributed by atoms with van der Waals surface area (Å²) in [6.45, 7) is 1.85. The van der Waals surface area contributed by atoms with E-state index in [9.17, 15) is 4.79 Å². The van der Waals surface area contributed by atoms with Gasteiger partial charge >= 0.3 is 0 Å². The third-order valence-corrected chi connectivity index (χ3v) is 3.84. The highest BCUT2D eigenvalue weighted by atomic mass is 35.5. The minimum atomic E-state index is -0.290. The molecule has 0 aliphatic rings. The van der Waals surface area contributed by atoms with Crippen LogP contribution in [0.25, 0.3) is 0 Å². The Bertz CT molecular complexity index is 646. The highest BCUT2D eigenvalue weighted by molar-refractivity contribution is 6.42. The van der Waals surface area contributed by atoms with Gasteiger partial charge in [-0.05, 0) is 36.8 Å². The molecule has 2 aromatic rings. The molecule has 1 aromatic carbocycles. The van der Waals surface area contributed by atoms with Gasteiger partial charge in [0.2, 0.25) is 0 Å². The molecule has 6 heteroatoms. The topological polar surface area (TPSA) is 42.0 Å². The zero-order valence-electron chi connectivity index (χ0n) is 10.5. The Balaban J connectivity index is 2.15. The number of carbonyl (C=O) groups excluding carboxylic acids is 1. The van der Waals surface area contributed by atoms with E-state index in [1.54, 1.807) is 24.3 Å². The number of hydrogen-bond acceptors (Lipinski definition) is 2. The van der Waals surface area contributed by atoms with E-state index in [1.807, 2.05) is 13.0 Å². The summed E-state index contributed by atoms with van der Waals surface area (Å²) in [4.78, 5) is 16.0. The molecule has 2 rings (SSSR count). The van der Waals surface area contributed by atoms with Crippen LogP contribution in [0.2, 0.25) is 15.2 Å². The Labute approximate surface area is 131 Å². The van der Waals surface area contributed by atoms with Gasteiger partial charge in [0.1, 0.15) is 5.15 Å². The van der Waals surface area contributed by atoms with Crippen molar-refractivity contribution < 1.29 is 4.79 Å². The first-order valence-electron chi connectivity index (χ1n) is 5.85. The van der Waals surface area contributed by atoms with E-state index in [-0.39, 0.29) is 17.1 Å². The van der Waals surface area contributed by atoms with Crippen LogP contribution < -0.4 is 5.32 Å². The van der Waals surface area contributed by atoms with E-state index in [4.69, 9.17) is 34.8 Å². The number of hydrogen-bond donors (Lipinski definition) is 1. The quantitative estimate of drug-likeness (QED) is 0.840. The largest absolute Gasteiger partial charge is 0.345 e. The normalized spacial score (nSPS) is 12.0. The van der Waals surface area contributed by atoms with Crippen LogP contribution in [0.1, 0.15) is 28.9 Å². The first-order valence-corrected chi connectivity index (χ1v) is 6.98. The Morgan fingerprint density at radius 1 is 1.20 bits per heavy atom. The molecule has 0 bridgehead atoms. The van der Waals surface area contributed by atoms with Crippen molar-refractivity contribution in [3.8, 4) is 0 Å². The van der Waals surface area contributed by atoms with Gasteiger partial charge in [0.25, 0.3) is 5.91 Å². The number of amides is 1. The first-order chi connectivity index (χ1) is 9.49. The average Bonchev–Trinajstić information content (AvgIpc) is 2.42. The number of nitrogens with one attached hydrogen (secondary N) is 1. The maximum absolute atomic E-state index is 12.1. The summed E-state index contributed by atoms with van der Waals surface area (Å²) in [7, 11) is 0. The molecule has 0 fully saturated rings. The Morgan fingerprint density at radius 3 is 2.60 bits per heavy atom. The molecule has 1 N–H and O–H groups in total. The predicted octanol–water partition coefficient (Wildman–Crippen LogP) is 4.53. The molecule has 0 saturated heterocycles. The van der Waals surface area contributed by atoms with Crippen LogP contribution in [-0.4, -0.2) is 10.9 Å². The van der Waals surface area contributed by atoms with Gasteiger partial charge in [-0.15, -0.1) is 0 Å². The third kappa shape index (κ3) is 3.42. The van der Waals surface area contributed by atoms with Crippen molar-refractivity contribution in [3.63, 3.8) is 0 Å². The van der Waals surface area contributed by atoms with Crippen molar-refractivity contribution in [1.29, 1.82) is 0 Å². The minimum Gasteiger partial charge on any atom is -0.345 e. The lowest BCUT2D eigenvalue weighted by Crippen LogP contribution is -2.27. The number of pyridine rings is 1. The van der Waals surface area contributed by atoms with Crippen molar-refractivity contribution in [2.75, 3.05) is 0 Å². The number of rotatable bonds is 3. The molecule has 1 aromatic heterocycles. The maximum Gasteiger partial charge on any atom is 0.254 e. The van der Waals surface area contributed by atoms with Crippen molar-refractivity contribution >= 4 is 40.7 Å². The lowest BCUT2D eigenvalue weighted by molar-refractivity contribution is 0.0939. The molecular formula is C14H11Cl3N2O. The summed E-state index contributed by atoms with van der Waals surface area (Å²) >= 11 is 17.7. The number of benzene rings is 1. The number of halogens is 3. The average molecular weight is 330 g/mol. The second kappa shape index (κ2) is 6.44. The van der Waals surface area contributed by atoms with Crippen molar-refractivity contribution in [2.45, 2.75) is 13.0 Å². The molecule has 104 valence electrons. The van der Waals surface area contributed by atoms with Gasteiger partial charge in [0.05, 0.1) is 21.7 Å². The van der Waals surface area contributed by atoms with Gasteiger partial charge in [-0.1, -0.05) is 40.9 Å². The van der Waals surface area contributed by atoms with Crippen LogP contribution in [-0.2, 0) is 0 Å². The Morgan fingerprint density at radius 2 is 1.95 bits per heavy atom. The van der Waals surface area contributed by atoms with E-state index in [0.717, 1.165) is 5.56 Å². The van der Waals surface area contributed by atoms with Crippen LogP contribution >= 0.6 is 34.8 Å². The van der Waals surface area contributed by atoms with Gasteiger partial charge in [0, 0.05) is 6.20 Å². The molecule has 0 radical (unpaired) electrons. The van der Waals surface area contributed by atoms with Crippen LogP contribution in [0.15, 0.2) is 36.5 Å². The highest BCUT2D eigenvalue weighted by Crippen LogP contribution is 2.25. The summed E-state index contributed by atoms with van der Waals surface area (Å²) < 4.78 is 0. The molecule has 1 amide bonds. The van der Waals surface area contributed by atoms with Gasteiger partial charge in [-0.2, -0.15) is 0 Å². The molecule has 0 spiro atoms. The van der Waals surface area contributed by atoms with Gasteiger partial charge in [-0.3, -0.25) is 4.79 Å². The maximum atomic E-state index is 12.1. The number of carbonyl (C=O) groups is 1. The highest BCUT2D eigenvalue weighted by Gasteiger charge is 2.15. The molecule has 1 atom stereocenters. The van der Waals surface area contributed by atoms with Gasteiger partial charge < -0.3 is 5.32 Å². The fraction of sp³-hybridized carbons (Fsp3) is 0.143. The lowest BCUT2D eigenvalue weighted by atomic mass is 10.1. The summed E-state index contributed by atoms with van der Waals surface area (Å²) in [6.07, 6.45) is 1.53. The van der Waals surface area contributed by atoms with Crippen molar-refractivity contribution in [2.24, 2.45) is 0 Å². The molecule has 3 nitrogen and oxygen atoms in total. The SMILES string of the molecule is C[C@@H](NC(=O)c1cccnc1Cl)c1ccc(Cl)c(Cl)c1. The predicted molar refractivity (Wildman–Crippen MR) is 81.6 cm³/mol. The summed E-state index contributed by atoms with van der Waals surface area (Å²) in [5.41, 5.74) is 1.19. The van der Waals surface area contributed by atoms with E-state index in [0.29, 0.717) is 15.6 Å². The fourth-order valence-corrected chi connectivity index (χ4v) is 2.21. The van der Waals surface area contributed by atoms with Gasteiger partial charge in [0.15, 0.2) is 0 Å². The smallest absolute Gasteiger partial charge is 0.254 e. The second-order valence-electron chi connectivity index (χ2n) is 4.21. The summed E-state index contributed by atoms with van der Waals surface area (Å²) in [5.74, 6) is -0.290. The van der Waals surface area contributed by atoms with E-state index >= 15 is 0 Å². The molecule has 0 aliphatic heterocycles. The number of aromatic nitrogens is 1. The van der Waals surface area contributed by atoms with Crippen LogP contribution in [0.5, 0.6) is 0 Å². The van der Waals surface area contributed by atoms with Crippen molar-refractivity contribution in [3.05, 3.63) is 62.9 Å². The Kier molecular flexibility index (Phi) is 4.86.